The van der Waals surface area contributed by atoms with E-state index in [1.807, 2.05) is 31.2 Å². The Morgan fingerprint density at radius 1 is 1.25 bits per heavy atom. The molecule has 0 amide bonds. The molecule has 0 spiro atoms. The Morgan fingerprint density at radius 2 is 2.00 bits per heavy atom. The molecule has 0 fully saturated rings. The van der Waals surface area contributed by atoms with E-state index in [1.54, 1.807) is 19.2 Å². The third-order valence-corrected chi connectivity index (χ3v) is 3.59. The Bertz CT molecular complexity index is 568. The van der Waals surface area contributed by atoms with E-state index in [-0.39, 0.29) is 11.9 Å². The molecular weight excluding hydrogens is 277 g/mol. The second kappa shape index (κ2) is 6.73. The van der Waals surface area contributed by atoms with Gasteiger partial charge in [-0.3, -0.25) is 0 Å². The van der Waals surface area contributed by atoms with Crippen molar-refractivity contribution < 1.29 is 9.13 Å². The molecule has 0 bridgehead atoms. The Kier molecular flexibility index (Phi) is 4.99. The Morgan fingerprint density at radius 3 is 2.70 bits per heavy atom. The van der Waals surface area contributed by atoms with Crippen LogP contribution in [0.2, 0.25) is 5.02 Å². The van der Waals surface area contributed by atoms with Crippen molar-refractivity contribution in [2.75, 3.05) is 12.4 Å². The lowest BCUT2D eigenvalue weighted by atomic mass is 10.1. The number of rotatable bonds is 5. The summed E-state index contributed by atoms with van der Waals surface area (Å²) >= 11 is 6.00. The molecule has 1 unspecified atom stereocenters. The molecule has 0 aromatic heterocycles. The number of anilines is 1. The molecule has 0 aliphatic rings. The van der Waals surface area contributed by atoms with Crippen molar-refractivity contribution in [1.82, 2.24) is 0 Å². The van der Waals surface area contributed by atoms with Crippen LogP contribution in [0.25, 0.3) is 0 Å². The van der Waals surface area contributed by atoms with Crippen LogP contribution in [-0.4, -0.2) is 7.11 Å². The predicted molar refractivity (Wildman–Crippen MR) is 80.6 cm³/mol. The number of methoxy groups -OCH3 is 1. The molecule has 2 rings (SSSR count). The minimum absolute atomic E-state index is 0.0220. The SMILES string of the molecule is COC(C)c1cccc(NCc2c(F)cccc2Cl)c1. The normalized spacial score (nSPS) is 12.2. The molecule has 0 heterocycles. The fraction of sp³-hybridized carbons (Fsp3) is 0.250. The van der Waals surface area contributed by atoms with Crippen molar-refractivity contribution >= 4 is 17.3 Å². The van der Waals surface area contributed by atoms with Crippen molar-refractivity contribution in [3.8, 4) is 0 Å². The zero-order valence-electron chi connectivity index (χ0n) is 11.5. The van der Waals surface area contributed by atoms with Gasteiger partial charge >= 0.3 is 0 Å². The van der Waals surface area contributed by atoms with Crippen LogP contribution < -0.4 is 5.32 Å². The van der Waals surface area contributed by atoms with Gasteiger partial charge in [-0.1, -0.05) is 29.8 Å². The van der Waals surface area contributed by atoms with Gasteiger partial charge in [-0.15, -0.1) is 0 Å². The van der Waals surface area contributed by atoms with Gasteiger partial charge in [0.1, 0.15) is 5.82 Å². The predicted octanol–water partition coefficient (Wildman–Crippen LogP) is 4.80. The maximum absolute atomic E-state index is 13.7. The van der Waals surface area contributed by atoms with Crippen molar-refractivity contribution in [3.63, 3.8) is 0 Å². The minimum Gasteiger partial charge on any atom is -0.381 e. The summed E-state index contributed by atoms with van der Waals surface area (Å²) in [6.45, 7) is 2.32. The molecule has 2 aromatic rings. The van der Waals surface area contributed by atoms with E-state index < -0.39 is 0 Å². The molecule has 0 aliphatic carbocycles. The highest BCUT2D eigenvalue weighted by Crippen LogP contribution is 2.22. The zero-order chi connectivity index (χ0) is 14.5. The van der Waals surface area contributed by atoms with Gasteiger partial charge in [0.25, 0.3) is 0 Å². The molecule has 0 saturated carbocycles. The second-order valence-electron chi connectivity index (χ2n) is 4.56. The van der Waals surface area contributed by atoms with Gasteiger partial charge in [-0.2, -0.15) is 0 Å². The third kappa shape index (κ3) is 3.50. The summed E-state index contributed by atoms with van der Waals surface area (Å²) in [7, 11) is 1.67. The lowest BCUT2D eigenvalue weighted by Crippen LogP contribution is -2.04. The number of ether oxygens (including phenoxy) is 1. The number of benzene rings is 2. The summed E-state index contributed by atoms with van der Waals surface area (Å²) < 4.78 is 19.0. The van der Waals surface area contributed by atoms with Gasteiger partial charge in [-0.25, -0.2) is 4.39 Å². The molecule has 0 saturated heterocycles. The Hall–Kier alpha value is -1.58. The fourth-order valence-corrected chi connectivity index (χ4v) is 2.16. The van der Waals surface area contributed by atoms with E-state index in [9.17, 15) is 4.39 Å². The molecule has 1 N–H and O–H groups in total. The topological polar surface area (TPSA) is 21.3 Å². The highest BCUT2D eigenvalue weighted by molar-refractivity contribution is 6.31. The van der Waals surface area contributed by atoms with Crippen molar-refractivity contribution in [3.05, 3.63) is 64.4 Å². The summed E-state index contributed by atoms with van der Waals surface area (Å²) in [6.07, 6.45) is 0.0220. The van der Waals surface area contributed by atoms with Gasteiger partial charge in [0.2, 0.25) is 0 Å². The number of hydrogen-bond acceptors (Lipinski definition) is 2. The molecule has 2 aromatic carbocycles. The van der Waals surface area contributed by atoms with E-state index in [4.69, 9.17) is 16.3 Å². The molecule has 2 nitrogen and oxygen atoms in total. The third-order valence-electron chi connectivity index (χ3n) is 3.24. The van der Waals surface area contributed by atoms with Crippen molar-refractivity contribution in [2.45, 2.75) is 19.6 Å². The van der Waals surface area contributed by atoms with Crippen LogP contribution >= 0.6 is 11.6 Å². The lowest BCUT2D eigenvalue weighted by Gasteiger charge is -2.13. The second-order valence-corrected chi connectivity index (χ2v) is 4.96. The highest BCUT2D eigenvalue weighted by Gasteiger charge is 2.07. The maximum Gasteiger partial charge on any atom is 0.129 e. The van der Waals surface area contributed by atoms with Crippen LogP contribution in [0.15, 0.2) is 42.5 Å². The van der Waals surface area contributed by atoms with Crippen LogP contribution in [0.3, 0.4) is 0 Å². The van der Waals surface area contributed by atoms with Gasteiger partial charge in [-0.05, 0) is 36.8 Å². The summed E-state index contributed by atoms with van der Waals surface area (Å²) in [4.78, 5) is 0. The van der Waals surface area contributed by atoms with E-state index in [2.05, 4.69) is 5.32 Å². The minimum atomic E-state index is -0.300. The standard InChI is InChI=1S/C16H17ClFNO/c1-11(20-2)12-5-3-6-13(9-12)19-10-14-15(17)7-4-8-16(14)18/h3-9,11,19H,10H2,1-2H3. The molecule has 4 heteroatoms. The summed E-state index contributed by atoms with van der Waals surface area (Å²) in [5.41, 5.74) is 2.45. The fourth-order valence-electron chi connectivity index (χ4n) is 1.93. The van der Waals surface area contributed by atoms with Gasteiger partial charge < -0.3 is 10.1 Å². The number of halogens is 2. The van der Waals surface area contributed by atoms with Crippen LogP contribution in [0.5, 0.6) is 0 Å². The van der Waals surface area contributed by atoms with E-state index in [0.29, 0.717) is 17.1 Å². The molecular formula is C16H17ClFNO. The summed E-state index contributed by atoms with van der Waals surface area (Å²) in [5, 5.41) is 3.61. The van der Waals surface area contributed by atoms with Crippen LogP contribution in [0, 0.1) is 5.82 Å². The monoisotopic (exact) mass is 293 g/mol. The molecule has 106 valence electrons. The van der Waals surface area contributed by atoms with E-state index in [1.165, 1.54) is 6.07 Å². The average molecular weight is 294 g/mol. The molecule has 0 radical (unpaired) electrons. The van der Waals surface area contributed by atoms with Crippen molar-refractivity contribution in [1.29, 1.82) is 0 Å². The van der Waals surface area contributed by atoms with Crippen LogP contribution in [-0.2, 0) is 11.3 Å². The number of hydrogen-bond donors (Lipinski definition) is 1. The maximum atomic E-state index is 13.7. The van der Waals surface area contributed by atoms with Crippen LogP contribution in [0.4, 0.5) is 10.1 Å². The van der Waals surface area contributed by atoms with Gasteiger partial charge in [0.15, 0.2) is 0 Å². The smallest absolute Gasteiger partial charge is 0.129 e. The Labute approximate surface area is 123 Å². The van der Waals surface area contributed by atoms with Crippen molar-refractivity contribution in [2.24, 2.45) is 0 Å². The highest BCUT2D eigenvalue weighted by atomic mass is 35.5. The van der Waals surface area contributed by atoms with Crippen LogP contribution in [0.1, 0.15) is 24.2 Å². The molecule has 0 aliphatic heterocycles. The first-order valence-electron chi connectivity index (χ1n) is 6.41. The Balaban J connectivity index is 2.11. The van der Waals surface area contributed by atoms with E-state index in [0.717, 1.165) is 11.3 Å². The largest absolute Gasteiger partial charge is 0.381 e. The number of nitrogens with one attached hydrogen (secondary N) is 1. The first kappa shape index (κ1) is 14.8. The average Bonchev–Trinajstić information content (AvgIpc) is 2.46. The first-order chi connectivity index (χ1) is 9.61. The first-order valence-corrected chi connectivity index (χ1v) is 6.79. The van der Waals surface area contributed by atoms with Gasteiger partial charge in [0.05, 0.1) is 6.10 Å². The summed E-state index contributed by atoms with van der Waals surface area (Å²) in [5.74, 6) is -0.300. The molecule has 20 heavy (non-hydrogen) atoms. The molecule has 1 atom stereocenters. The summed E-state index contributed by atoms with van der Waals surface area (Å²) in [6, 6.07) is 12.6. The van der Waals surface area contributed by atoms with Gasteiger partial charge in [0, 0.05) is 29.9 Å². The van der Waals surface area contributed by atoms with E-state index >= 15 is 0 Å². The quantitative estimate of drug-likeness (QED) is 0.855. The zero-order valence-corrected chi connectivity index (χ0v) is 12.2. The lowest BCUT2D eigenvalue weighted by molar-refractivity contribution is 0.119.